The van der Waals surface area contributed by atoms with Gasteiger partial charge in [-0.25, -0.2) is 4.79 Å². The first kappa shape index (κ1) is 24.6. The summed E-state index contributed by atoms with van der Waals surface area (Å²) in [5.41, 5.74) is 2.64. The maximum Gasteiger partial charge on any atom is 0.339 e. The molecule has 4 atom stereocenters. The Balaban J connectivity index is 1.45. The fourth-order valence-electron chi connectivity index (χ4n) is 6.22. The van der Waals surface area contributed by atoms with Crippen LogP contribution in [-0.2, 0) is 4.79 Å². The van der Waals surface area contributed by atoms with Gasteiger partial charge in [-0.3, -0.25) is 4.79 Å². The van der Waals surface area contributed by atoms with Gasteiger partial charge in [0.1, 0.15) is 11.3 Å². The van der Waals surface area contributed by atoms with E-state index in [0.717, 1.165) is 42.2 Å². The Bertz CT molecular complexity index is 1350. The summed E-state index contributed by atoms with van der Waals surface area (Å²) in [4.78, 5) is 28.0. The molecular weight excluding hydrogens is 454 g/mol. The molecule has 2 fully saturated rings. The number of hydrogen-bond acceptors (Lipinski definition) is 5. The zero-order valence-electron chi connectivity index (χ0n) is 21.5. The normalized spacial score (nSPS) is 24.9. The molecular formula is C30H35NO5. The topological polar surface area (TPSA) is 80.0 Å². The van der Waals surface area contributed by atoms with Crippen LogP contribution in [0, 0.1) is 26.7 Å². The van der Waals surface area contributed by atoms with Crippen molar-refractivity contribution in [1.29, 1.82) is 0 Å². The Kier molecular flexibility index (Phi) is 6.41. The van der Waals surface area contributed by atoms with Gasteiger partial charge in [0.25, 0.3) is 5.91 Å². The van der Waals surface area contributed by atoms with Crippen molar-refractivity contribution in [3.63, 3.8) is 0 Å². The first-order valence-corrected chi connectivity index (χ1v) is 13.0. The van der Waals surface area contributed by atoms with Crippen molar-refractivity contribution in [3.05, 3.63) is 75.1 Å². The quantitative estimate of drug-likeness (QED) is 0.498. The van der Waals surface area contributed by atoms with Crippen LogP contribution in [0.15, 0.2) is 51.7 Å². The Morgan fingerprint density at radius 1 is 1.06 bits per heavy atom. The summed E-state index contributed by atoms with van der Waals surface area (Å²) >= 11 is 0. The minimum Gasteiger partial charge on any atom is -0.480 e. The van der Waals surface area contributed by atoms with E-state index in [1.807, 2.05) is 49.1 Å². The van der Waals surface area contributed by atoms with E-state index in [1.165, 1.54) is 0 Å². The fraction of sp³-hybridized carbons (Fsp3) is 0.467. The second-order valence-electron chi connectivity index (χ2n) is 10.6. The highest BCUT2D eigenvalue weighted by molar-refractivity contribution is 5.86. The van der Waals surface area contributed by atoms with Gasteiger partial charge in [0.15, 0.2) is 6.10 Å². The molecule has 1 N–H and O–H groups in total. The number of carbonyl (C=O) groups excluding carboxylic acids is 1. The number of rotatable bonds is 4. The molecule has 6 nitrogen and oxygen atoms in total. The van der Waals surface area contributed by atoms with Crippen LogP contribution in [0.1, 0.15) is 67.3 Å². The van der Waals surface area contributed by atoms with Crippen molar-refractivity contribution in [2.45, 2.75) is 77.5 Å². The molecule has 36 heavy (non-hydrogen) atoms. The first-order chi connectivity index (χ1) is 17.2. The average Bonchev–Trinajstić information content (AvgIpc) is 2.88. The van der Waals surface area contributed by atoms with Gasteiger partial charge >= 0.3 is 5.63 Å². The van der Waals surface area contributed by atoms with Gasteiger partial charge in [-0.05, 0) is 70.2 Å². The molecule has 5 rings (SSSR count). The van der Waals surface area contributed by atoms with Gasteiger partial charge in [-0.2, -0.15) is 0 Å². The van der Waals surface area contributed by atoms with Crippen molar-refractivity contribution < 1.29 is 19.1 Å². The number of nitrogens with zero attached hydrogens (tertiary/aromatic N) is 1. The lowest BCUT2D eigenvalue weighted by Crippen LogP contribution is -2.58. The number of ether oxygens (including phenoxy) is 1. The standard InChI is InChI=1S/C30H35NO5/c1-18-19(2)29(33)36-27-20(3)25(14-13-23(18)27)35-21(4)28(32)31-17-16-30(34)15-9-8-12-24(30)26(31)22-10-6-5-7-11-22/h5-7,10-11,13-14,21,24,26,34H,8-9,12,15-17H2,1-4H3/t21?,24?,26-,30?/m0/s1. The maximum atomic E-state index is 13.8. The summed E-state index contributed by atoms with van der Waals surface area (Å²) in [6.45, 7) is 7.78. The second-order valence-corrected chi connectivity index (χ2v) is 10.6. The lowest BCUT2D eigenvalue weighted by Gasteiger charge is -2.53. The third-order valence-electron chi connectivity index (χ3n) is 8.47. The summed E-state index contributed by atoms with van der Waals surface area (Å²) in [6.07, 6.45) is 3.62. The minimum atomic E-state index is -0.736. The molecule has 2 aromatic carbocycles. The number of hydrogen-bond donors (Lipinski definition) is 1. The number of aryl methyl sites for hydroxylation is 2. The summed E-state index contributed by atoms with van der Waals surface area (Å²) in [5, 5.41) is 12.4. The summed E-state index contributed by atoms with van der Waals surface area (Å²) in [7, 11) is 0. The Morgan fingerprint density at radius 3 is 2.56 bits per heavy atom. The molecule has 1 aromatic heterocycles. The van der Waals surface area contributed by atoms with E-state index in [4.69, 9.17) is 9.15 Å². The van der Waals surface area contributed by atoms with E-state index in [0.29, 0.717) is 35.4 Å². The predicted octanol–water partition coefficient (Wildman–Crippen LogP) is 5.38. The van der Waals surface area contributed by atoms with Gasteiger partial charge < -0.3 is 19.2 Å². The van der Waals surface area contributed by atoms with E-state index >= 15 is 0 Å². The monoisotopic (exact) mass is 489 g/mol. The molecule has 3 aromatic rings. The molecule has 0 bridgehead atoms. The molecule has 6 heteroatoms. The molecule has 0 spiro atoms. The molecule has 1 saturated carbocycles. The molecule has 2 heterocycles. The number of benzene rings is 2. The van der Waals surface area contributed by atoms with Gasteiger partial charge in [-0.1, -0.05) is 43.2 Å². The van der Waals surface area contributed by atoms with Crippen LogP contribution in [0.25, 0.3) is 11.0 Å². The van der Waals surface area contributed by atoms with Gasteiger partial charge in [0.05, 0.1) is 11.6 Å². The second kappa shape index (κ2) is 9.40. The van der Waals surface area contributed by atoms with E-state index in [2.05, 4.69) is 12.1 Å². The molecule has 1 saturated heterocycles. The Morgan fingerprint density at radius 2 is 1.81 bits per heavy atom. The lowest BCUT2D eigenvalue weighted by atomic mass is 9.66. The fourth-order valence-corrected chi connectivity index (χ4v) is 6.22. The number of piperidine rings is 1. The minimum absolute atomic E-state index is 0.00134. The van der Waals surface area contributed by atoms with Crippen molar-refractivity contribution >= 4 is 16.9 Å². The van der Waals surface area contributed by atoms with E-state index in [9.17, 15) is 14.7 Å². The van der Waals surface area contributed by atoms with Gasteiger partial charge in [-0.15, -0.1) is 0 Å². The summed E-state index contributed by atoms with van der Waals surface area (Å²) in [5.74, 6) is 0.427. The van der Waals surface area contributed by atoms with Crippen molar-refractivity contribution in [2.75, 3.05) is 6.54 Å². The van der Waals surface area contributed by atoms with Crippen LogP contribution in [0.4, 0.5) is 0 Å². The van der Waals surface area contributed by atoms with Crippen LogP contribution in [0.3, 0.4) is 0 Å². The number of fused-ring (bicyclic) bond motifs is 2. The van der Waals surface area contributed by atoms with Gasteiger partial charge in [0, 0.05) is 29.0 Å². The molecule has 0 radical (unpaired) electrons. The molecule has 190 valence electrons. The maximum absolute atomic E-state index is 13.8. The van der Waals surface area contributed by atoms with Crippen molar-refractivity contribution in [3.8, 4) is 5.75 Å². The SMILES string of the molecule is Cc1c(C)c2ccc(OC(C)C(=O)N3CCC4(O)CCCCC4[C@@H]3c3ccccc3)c(C)c2oc1=O. The van der Waals surface area contributed by atoms with Gasteiger partial charge in [0.2, 0.25) is 0 Å². The summed E-state index contributed by atoms with van der Waals surface area (Å²) in [6, 6.07) is 13.6. The molecule has 1 amide bonds. The first-order valence-electron chi connectivity index (χ1n) is 13.0. The lowest BCUT2D eigenvalue weighted by molar-refractivity contribution is -0.161. The van der Waals surface area contributed by atoms with E-state index in [-0.39, 0.29) is 23.5 Å². The largest absolute Gasteiger partial charge is 0.480 e. The van der Waals surface area contributed by atoms with Crippen LogP contribution < -0.4 is 10.4 Å². The third-order valence-corrected chi connectivity index (χ3v) is 8.47. The number of aliphatic hydroxyl groups is 1. The zero-order valence-corrected chi connectivity index (χ0v) is 21.5. The molecule has 1 aliphatic carbocycles. The third kappa shape index (κ3) is 4.11. The highest BCUT2D eigenvalue weighted by Gasteiger charge is 2.50. The van der Waals surface area contributed by atoms with E-state index in [1.54, 1.807) is 13.8 Å². The highest BCUT2D eigenvalue weighted by atomic mass is 16.5. The van der Waals surface area contributed by atoms with E-state index < -0.39 is 11.7 Å². The van der Waals surface area contributed by atoms with Crippen LogP contribution in [0.2, 0.25) is 0 Å². The highest BCUT2D eigenvalue weighted by Crippen LogP contribution is 2.49. The smallest absolute Gasteiger partial charge is 0.339 e. The number of likely N-dealkylation sites (tertiary alicyclic amines) is 1. The Labute approximate surface area is 211 Å². The average molecular weight is 490 g/mol. The number of carbonyl (C=O) groups is 1. The molecule has 2 aliphatic rings. The van der Waals surface area contributed by atoms with Crippen LogP contribution in [-0.4, -0.2) is 34.2 Å². The Hall–Kier alpha value is -3.12. The van der Waals surface area contributed by atoms with Crippen LogP contribution >= 0.6 is 0 Å². The zero-order chi connectivity index (χ0) is 25.6. The predicted molar refractivity (Wildman–Crippen MR) is 139 cm³/mol. The number of amides is 1. The summed E-state index contributed by atoms with van der Waals surface area (Å²) < 4.78 is 11.8. The van der Waals surface area contributed by atoms with Crippen molar-refractivity contribution in [1.82, 2.24) is 4.90 Å². The molecule has 3 unspecified atom stereocenters. The molecule has 1 aliphatic heterocycles. The van der Waals surface area contributed by atoms with Crippen molar-refractivity contribution in [2.24, 2.45) is 5.92 Å². The van der Waals surface area contributed by atoms with Crippen LogP contribution in [0.5, 0.6) is 5.75 Å².